The van der Waals surface area contributed by atoms with Crippen LogP contribution >= 0.6 is 24.0 Å². The van der Waals surface area contributed by atoms with E-state index in [-0.39, 0.29) is 24.0 Å². The van der Waals surface area contributed by atoms with Crippen molar-refractivity contribution in [2.75, 3.05) is 26.0 Å². The van der Waals surface area contributed by atoms with Gasteiger partial charge >= 0.3 is 0 Å². The predicted molar refractivity (Wildman–Crippen MR) is 98.7 cm³/mol. The van der Waals surface area contributed by atoms with E-state index in [0.717, 1.165) is 23.2 Å². The number of imidazole rings is 1. The van der Waals surface area contributed by atoms with E-state index in [0.29, 0.717) is 13.1 Å². The molecule has 0 unspecified atom stereocenters. The molecular weight excluding hydrogens is 395 g/mol. The molecule has 0 saturated carbocycles. The molecule has 0 amide bonds. The molecule has 0 saturated heterocycles. The van der Waals surface area contributed by atoms with Crippen molar-refractivity contribution < 1.29 is 4.42 Å². The fourth-order valence-corrected chi connectivity index (χ4v) is 1.99. The van der Waals surface area contributed by atoms with Gasteiger partial charge in [-0.15, -0.1) is 24.0 Å². The zero-order valence-corrected chi connectivity index (χ0v) is 15.7. The van der Waals surface area contributed by atoms with Crippen molar-refractivity contribution >= 4 is 35.9 Å². The molecule has 0 aliphatic heterocycles. The van der Waals surface area contributed by atoms with E-state index in [2.05, 4.69) is 25.2 Å². The molecule has 2 N–H and O–H groups in total. The maximum absolute atomic E-state index is 5.03. The van der Waals surface area contributed by atoms with E-state index in [1.807, 2.05) is 38.3 Å². The van der Waals surface area contributed by atoms with Gasteiger partial charge in [-0.2, -0.15) is 0 Å². The van der Waals surface area contributed by atoms with Crippen LogP contribution in [-0.4, -0.2) is 36.7 Å². The zero-order chi connectivity index (χ0) is 15.2. The summed E-state index contributed by atoms with van der Waals surface area (Å²) < 4.78 is 7.09. The van der Waals surface area contributed by atoms with Crippen molar-refractivity contribution in [3.8, 4) is 0 Å². The topological polar surface area (TPSA) is 70.6 Å². The van der Waals surface area contributed by atoms with Crippen molar-refractivity contribution in [3.05, 3.63) is 36.0 Å². The molecule has 8 heteroatoms. The first-order valence-corrected chi connectivity index (χ1v) is 6.75. The third kappa shape index (κ3) is 4.65. The Hall–Kier alpha value is -1.71. The molecule has 0 radical (unpaired) electrons. The number of guanidine groups is 1. The number of anilines is 1. The Balaban J connectivity index is 0.00000242. The van der Waals surface area contributed by atoms with Crippen LogP contribution in [0.3, 0.4) is 0 Å². The van der Waals surface area contributed by atoms with E-state index in [9.17, 15) is 0 Å². The van der Waals surface area contributed by atoms with Crippen molar-refractivity contribution in [1.82, 2.24) is 20.2 Å². The Morgan fingerprint density at radius 1 is 1.36 bits per heavy atom. The van der Waals surface area contributed by atoms with Gasteiger partial charge in [0.1, 0.15) is 0 Å². The van der Waals surface area contributed by atoms with Crippen LogP contribution in [0.25, 0.3) is 0 Å². The van der Waals surface area contributed by atoms with E-state index in [4.69, 9.17) is 4.42 Å². The summed E-state index contributed by atoms with van der Waals surface area (Å²) in [5.41, 5.74) is 2.17. The predicted octanol–water partition coefficient (Wildman–Crippen LogP) is 1.56. The smallest absolute Gasteiger partial charge is 0.204 e. The lowest BCUT2D eigenvalue weighted by atomic mass is 10.3. The number of furan rings is 1. The molecule has 0 aromatic carbocycles. The normalized spacial score (nSPS) is 11.0. The highest BCUT2D eigenvalue weighted by Gasteiger charge is 2.08. The second-order valence-electron chi connectivity index (χ2n) is 4.91. The van der Waals surface area contributed by atoms with Gasteiger partial charge in [0.25, 0.3) is 0 Å². The van der Waals surface area contributed by atoms with Crippen LogP contribution in [0.5, 0.6) is 0 Å². The average molecular weight is 418 g/mol. The molecule has 0 fully saturated rings. The lowest BCUT2D eigenvalue weighted by Crippen LogP contribution is -2.36. The van der Waals surface area contributed by atoms with Crippen LogP contribution in [0, 0.1) is 0 Å². The lowest BCUT2D eigenvalue weighted by Gasteiger charge is -2.14. The number of halogens is 1. The fraction of sp³-hybridized carbons (Fsp3) is 0.429. The largest absolute Gasteiger partial charge is 0.472 e. The Morgan fingerprint density at radius 2 is 2.09 bits per heavy atom. The first kappa shape index (κ1) is 18.3. The van der Waals surface area contributed by atoms with Gasteiger partial charge in [0.15, 0.2) is 5.96 Å². The number of aliphatic imine (C=N–C) groups is 1. The summed E-state index contributed by atoms with van der Waals surface area (Å²) in [6.45, 7) is 1.33. The highest BCUT2D eigenvalue weighted by atomic mass is 127. The van der Waals surface area contributed by atoms with E-state index < -0.39 is 0 Å². The minimum Gasteiger partial charge on any atom is -0.472 e. The monoisotopic (exact) mass is 418 g/mol. The number of hydrogen-bond donors (Lipinski definition) is 2. The number of nitrogens with zero attached hydrogens (tertiary/aromatic N) is 4. The molecule has 0 aliphatic rings. The summed E-state index contributed by atoms with van der Waals surface area (Å²) in [6, 6.07) is 1.92. The van der Waals surface area contributed by atoms with Gasteiger partial charge < -0.3 is 24.5 Å². The van der Waals surface area contributed by atoms with E-state index in [1.54, 1.807) is 19.6 Å². The third-order valence-electron chi connectivity index (χ3n) is 3.16. The lowest BCUT2D eigenvalue weighted by molar-refractivity contribution is 0.563. The Bertz CT molecular complexity index is 591. The molecular formula is C14H23IN6O. The first-order chi connectivity index (χ1) is 10.1. The molecule has 122 valence electrons. The Morgan fingerprint density at radius 3 is 2.64 bits per heavy atom. The second kappa shape index (κ2) is 8.66. The quantitative estimate of drug-likeness (QED) is 0.438. The van der Waals surface area contributed by atoms with Gasteiger partial charge in [-0.05, 0) is 6.07 Å². The van der Waals surface area contributed by atoms with Gasteiger partial charge in [-0.1, -0.05) is 0 Å². The summed E-state index contributed by atoms with van der Waals surface area (Å²) in [4.78, 5) is 10.6. The van der Waals surface area contributed by atoms with Crippen LogP contribution in [0.1, 0.15) is 11.3 Å². The summed E-state index contributed by atoms with van der Waals surface area (Å²) in [6.07, 6.45) is 5.24. The van der Waals surface area contributed by atoms with Crippen LogP contribution in [0.15, 0.2) is 34.2 Å². The minimum atomic E-state index is 0. The SMILES string of the molecule is CN=C(NCc1ccoc1)NCc1cnc(N(C)C)n1C.I. The van der Waals surface area contributed by atoms with Crippen LogP contribution in [0.4, 0.5) is 5.95 Å². The second-order valence-corrected chi connectivity index (χ2v) is 4.91. The minimum absolute atomic E-state index is 0. The summed E-state index contributed by atoms with van der Waals surface area (Å²) >= 11 is 0. The van der Waals surface area contributed by atoms with Crippen LogP contribution in [-0.2, 0) is 20.1 Å². The molecule has 2 rings (SSSR count). The van der Waals surface area contributed by atoms with Gasteiger partial charge in [0.05, 0.1) is 31.0 Å². The third-order valence-corrected chi connectivity index (χ3v) is 3.16. The summed E-state index contributed by atoms with van der Waals surface area (Å²) in [5, 5.41) is 6.50. The van der Waals surface area contributed by atoms with Gasteiger partial charge in [0, 0.05) is 40.3 Å². The van der Waals surface area contributed by atoms with Crippen LogP contribution in [0.2, 0.25) is 0 Å². The van der Waals surface area contributed by atoms with E-state index >= 15 is 0 Å². The number of rotatable bonds is 5. The molecule has 2 aromatic heterocycles. The van der Waals surface area contributed by atoms with Gasteiger partial charge in [-0.25, -0.2) is 4.98 Å². The van der Waals surface area contributed by atoms with Crippen molar-refractivity contribution in [2.45, 2.75) is 13.1 Å². The van der Waals surface area contributed by atoms with Crippen molar-refractivity contribution in [2.24, 2.45) is 12.0 Å². The maximum atomic E-state index is 5.03. The summed E-state index contributed by atoms with van der Waals surface area (Å²) in [7, 11) is 7.70. The maximum Gasteiger partial charge on any atom is 0.204 e. The van der Waals surface area contributed by atoms with Crippen LogP contribution < -0.4 is 15.5 Å². The molecule has 2 heterocycles. The molecule has 0 spiro atoms. The van der Waals surface area contributed by atoms with Gasteiger partial charge in [-0.3, -0.25) is 4.99 Å². The Kier molecular flexibility index (Phi) is 7.22. The van der Waals surface area contributed by atoms with Crippen molar-refractivity contribution in [1.29, 1.82) is 0 Å². The molecule has 7 nitrogen and oxygen atoms in total. The molecule has 22 heavy (non-hydrogen) atoms. The average Bonchev–Trinajstić information content (AvgIpc) is 3.09. The van der Waals surface area contributed by atoms with Gasteiger partial charge in [0.2, 0.25) is 5.95 Å². The molecule has 0 aliphatic carbocycles. The fourth-order valence-electron chi connectivity index (χ4n) is 1.99. The first-order valence-electron chi connectivity index (χ1n) is 6.75. The molecule has 0 bridgehead atoms. The number of aromatic nitrogens is 2. The summed E-state index contributed by atoms with van der Waals surface area (Å²) in [5.74, 6) is 1.66. The highest BCUT2D eigenvalue weighted by molar-refractivity contribution is 14.0. The van der Waals surface area contributed by atoms with Crippen molar-refractivity contribution in [3.63, 3.8) is 0 Å². The number of hydrogen-bond acceptors (Lipinski definition) is 4. The standard InChI is InChI=1S/C14H22N6O.HI/c1-15-13(16-7-11-5-6-21-10-11)17-8-12-9-18-14(19(2)3)20(12)4;/h5-6,9-10H,7-8H2,1-4H3,(H2,15,16,17);1H. The van der Waals surface area contributed by atoms with E-state index in [1.165, 1.54) is 0 Å². The number of nitrogens with one attached hydrogen (secondary N) is 2. The molecule has 2 aromatic rings. The highest BCUT2D eigenvalue weighted by Crippen LogP contribution is 2.10. The zero-order valence-electron chi connectivity index (χ0n) is 13.3. The Labute approximate surface area is 147 Å². The molecule has 0 atom stereocenters.